The molecule has 0 radical (unpaired) electrons. The number of carbonyl (C=O) groups is 1. The van der Waals surface area contributed by atoms with Gasteiger partial charge in [0.2, 0.25) is 5.91 Å². The highest BCUT2D eigenvalue weighted by Gasteiger charge is 2.12. The van der Waals surface area contributed by atoms with Crippen molar-refractivity contribution >= 4 is 69.3 Å². The van der Waals surface area contributed by atoms with E-state index in [1.165, 1.54) is 11.8 Å². The van der Waals surface area contributed by atoms with Crippen molar-refractivity contribution in [3.8, 4) is 0 Å². The Morgan fingerprint density at radius 2 is 1.91 bits per heavy atom. The third-order valence-corrected chi connectivity index (χ3v) is 4.58. The number of para-hydroxylation sites is 1. The molecule has 0 unspecified atom stereocenters. The van der Waals surface area contributed by atoms with E-state index in [2.05, 4.69) is 10.3 Å². The van der Waals surface area contributed by atoms with Gasteiger partial charge in [-0.25, -0.2) is 4.98 Å². The summed E-state index contributed by atoms with van der Waals surface area (Å²) in [7, 11) is 0. The van der Waals surface area contributed by atoms with E-state index in [1.54, 1.807) is 36.4 Å². The van der Waals surface area contributed by atoms with Crippen molar-refractivity contribution in [1.29, 1.82) is 0 Å². The van der Waals surface area contributed by atoms with Crippen LogP contribution >= 0.6 is 46.6 Å². The maximum atomic E-state index is 12.0. The Balaban J connectivity index is 1.66. The molecule has 2 aromatic carbocycles. The average Bonchev–Trinajstić information content (AvgIpc) is 2.91. The molecule has 1 heterocycles. The number of hydrogen-bond donors (Lipinski definition) is 1. The van der Waals surface area contributed by atoms with Gasteiger partial charge in [-0.3, -0.25) is 4.79 Å². The van der Waals surface area contributed by atoms with E-state index in [4.69, 9.17) is 39.2 Å². The fraction of sp³-hybridized carbons (Fsp3) is 0.0667. The van der Waals surface area contributed by atoms with Crippen LogP contribution in [-0.2, 0) is 4.79 Å². The van der Waals surface area contributed by atoms with E-state index in [0.29, 0.717) is 37.1 Å². The van der Waals surface area contributed by atoms with Crippen LogP contribution in [0.25, 0.3) is 11.1 Å². The Hall–Kier alpha value is -1.40. The van der Waals surface area contributed by atoms with Crippen LogP contribution in [0.3, 0.4) is 0 Å². The van der Waals surface area contributed by atoms with E-state index >= 15 is 0 Å². The molecule has 23 heavy (non-hydrogen) atoms. The molecule has 0 atom stereocenters. The van der Waals surface area contributed by atoms with Gasteiger partial charge in [0, 0.05) is 5.02 Å². The monoisotopic (exact) mass is 386 g/mol. The van der Waals surface area contributed by atoms with Crippen LogP contribution in [-0.4, -0.2) is 16.6 Å². The normalized spacial score (nSPS) is 10.9. The first kappa shape index (κ1) is 16.5. The zero-order valence-corrected chi connectivity index (χ0v) is 14.6. The van der Waals surface area contributed by atoms with Crippen molar-refractivity contribution in [2.24, 2.45) is 0 Å². The molecule has 1 aromatic heterocycles. The van der Waals surface area contributed by atoms with E-state index in [1.807, 2.05) is 0 Å². The van der Waals surface area contributed by atoms with Gasteiger partial charge in [0.25, 0.3) is 5.22 Å². The van der Waals surface area contributed by atoms with Crippen molar-refractivity contribution in [3.63, 3.8) is 0 Å². The minimum absolute atomic E-state index is 0.113. The molecular formula is C15H9Cl3N2O2S. The minimum atomic E-state index is -0.259. The predicted molar refractivity (Wildman–Crippen MR) is 94.8 cm³/mol. The summed E-state index contributed by atoms with van der Waals surface area (Å²) in [5.41, 5.74) is 1.66. The van der Waals surface area contributed by atoms with Crippen molar-refractivity contribution in [3.05, 3.63) is 51.5 Å². The second-order valence-corrected chi connectivity index (χ2v) is 6.70. The molecule has 0 aliphatic rings. The van der Waals surface area contributed by atoms with Gasteiger partial charge < -0.3 is 9.73 Å². The highest BCUT2D eigenvalue weighted by molar-refractivity contribution is 7.99. The SMILES string of the molecule is O=C(CSc1nc2cc(Cl)ccc2o1)Nc1c(Cl)cccc1Cl. The van der Waals surface area contributed by atoms with Gasteiger partial charge in [0.15, 0.2) is 5.58 Å². The second-order valence-electron chi connectivity index (χ2n) is 4.53. The number of nitrogens with zero attached hydrogens (tertiary/aromatic N) is 1. The minimum Gasteiger partial charge on any atom is -0.431 e. The molecule has 0 spiro atoms. The molecule has 0 aliphatic carbocycles. The number of aromatic nitrogens is 1. The molecule has 1 N–H and O–H groups in total. The molecular weight excluding hydrogens is 379 g/mol. The summed E-state index contributed by atoms with van der Waals surface area (Å²) in [6.07, 6.45) is 0. The number of oxazole rings is 1. The van der Waals surface area contributed by atoms with Crippen molar-refractivity contribution in [1.82, 2.24) is 4.98 Å². The smallest absolute Gasteiger partial charge is 0.257 e. The first-order chi connectivity index (χ1) is 11.0. The van der Waals surface area contributed by atoms with Crippen molar-refractivity contribution in [2.45, 2.75) is 5.22 Å². The summed E-state index contributed by atoms with van der Waals surface area (Å²) in [5.74, 6) is -0.146. The topological polar surface area (TPSA) is 55.1 Å². The van der Waals surface area contributed by atoms with Crippen LogP contribution in [0.4, 0.5) is 5.69 Å². The Bertz CT molecular complexity index is 862. The van der Waals surface area contributed by atoms with Crippen LogP contribution in [0, 0.1) is 0 Å². The lowest BCUT2D eigenvalue weighted by molar-refractivity contribution is -0.113. The van der Waals surface area contributed by atoms with Gasteiger partial charge in [-0.15, -0.1) is 0 Å². The van der Waals surface area contributed by atoms with Gasteiger partial charge in [-0.1, -0.05) is 52.6 Å². The summed E-state index contributed by atoms with van der Waals surface area (Å²) in [5, 5.41) is 4.41. The van der Waals surface area contributed by atoms with Gasteiger partial charge in [-0.2, -0.15) is 0 Å². The maximum absolute atomic E-state index is 12.0. The molecule has 0 saturated carbocycles. The van der Waals surface area contributed by atoms with Crippen LogP contribution in [0.2, 0.25) is 15.1 Å². The highest BCUT2D eigenvalue weighted by atomic mass is 35.5. The molecule has 118 valence electrons. The third-order valence-electron chi connectivity index (χ3n) is 2.88. The summed E-state index contributed by atoms with van der Waals surface area (Å²) in [4.78, 5) is 16.3. The molecule has 0 aliphatic heterocycles. The Morgan fingerprint density at radius 1 is 1.17 bits per heavy atom. The molecule has 0 bridgehead atoms. The van der Waals surface area contributed by atoms with Crippen LogP contribution in [0.5, 0.6) is 0 Å². The summed E-state index contributed by atoms with van der Waals surface area (Å²) >= 11 is 19.1. The summed E-state index contributed by atoms with van der Waals surface area (Å²) < 4.78 is 5.53. The van der Waals surface area contributed by atoms with E-state index in [0.717, 1.165) is 0 Å². The molecule has 3 aromatic rings. The number of rotatable bonds is 4. The van der Waals surface area contributed by atoms with Gasteiger partial charge in [0.1, 0.15) is 5.52 Å². The van der Waals surface area contributed by atoms with Gasteiger partial charge >= 0.3 is 0 Å². The Kier molecular flexibility index (Phi) is 5.02. The van der Waals surface area contributed by atoms with Crippen LogP contribution in [0.15, 0.2) is 46.0 Å². The zero-order chi connectivity index (χ0) is 16.4. The van der Waals surface area contributed by atoms with E-state index in [9.17, 15) is 4.79 Å². The molecule has 8 heteroatoms. The number of halogens is 3. The number of nitrogens with one attached hydrogen (secondary N) is 1. The lowest BCUT2D eigenvalue weighted by Gasteiger charge is -2.08. The van der Waals surface area contributed by atoms with Crippen molar-refractivity contribution < 1.29 is 9.21 Å². The Morgan fingerprint density at radius 3 is 2.65 bits per heavy atom. The standard InChI is InChI=1S/C15H9Cl3N2O2S/c16-8-4-5-12-11(6-8)19-15(22-12)23-7-13(21)20-14-9(17)2-1-3-10(14)18/h1-6H,7H2,(H,20,21). The molecule has 1 amide bonds. The van der Waals surface area contributed by atoms with Crippen LogP contribution in [0.1, 0.15) is 0 Å². The molecule has 3 rings (SSSR count). The molecule has 0 saturated heterocycles. The lowest BCUT2D eigenvalue weighted by atomic mass is 10.3. The van der Waals surface area contributed by atoms with E-state index < -0.39 is 0 Å². The molecule has 4 nitrogen and oxygen atoms in total. The number of hydrogen-bond acceptors (Lipinski definition) is 4. The molecule has 0 fully saturated rings. The predicted octanol–water partition coefficient (Wildman–Crippen LogP) is 5.52. The summed E-state index contributed by atoms with van der Waals surface area (Å²) in [6.45, 7) is 0. The number of thioether (sulfide) groups is 1. The van der Waals surface area contributed by atoms with Gasteiger partial charge in [-0.05, 0) is 30.3 Å². The number of carbonyl (C=O) groups excluding carboxylic acids is 1. The largest absolute Gasteiger partial charge is 0.431 e. The second kappa shape index (κ2) is 7.01. The number of fused-ring (bicyclic) bond motifs is 1. The highest BCUT2D eigenvalue weighted by Crippen LogP contribution is 2.30. The van der Waals surface area contributed by atoms with Crippen molar-refractivity contribution in [2.75, 3.05) is 11.1 Å². The number of benzene rings is 2. The fourth-order valence-electron chi connectivity index (χ4n) is 1.86. The average molecular weight is 388 g/mol. The first-order valence-corrected chi connectivity index (χ1v) is 8.57. The Labute approximate surface area is 151 Å². The van der Waals surface area contributed by atoms with Gasteiger partial charge in [0.05, 0.1) is 21.5 Å². The number of amides is 1. The summed E-state index contributed by atoms with van der Waals surface area (Å²) in [6, 6.07) is 10.2. The first-order valence-electron chi connectivity index (χ1n) is 6.45. The van der Waals surface area contributed by atoms with E-state index in [-0.39, 0.29) is 11.7 Å². The number of anilines is 1. The maximum Gasteiger partial charge on any atom is 0.257 e. The van der Waals surface area contributed by atoms with Crippen LogP contribution < -0.4 is 5.32 Å². The zero-order valence-electron chi connectivity index (χ0n) is 11.5. The fourth-order valence-corrected chi connectivity index (χ4v) is 3.16. The lowest BCUT2D eigenvalue weighted by Crippen LogP contribution is -2.14. The third kappa shape index (κ3) is 3.93. The quantitative estimate of drug-likeness (QED) is 0.599.